The molecule has 1 aromatic heterocycles. The monoisotopic (exact) mass is 255 g/mol. The fraction of sp³-hybridized carbons (Fsp3) is 0.200. The standard InChI is InChI=1S/C10H10BrNO2/c1-7(13)3-4-8-5-9(11)6-12-10(8)14-2/h3-6H,1-2H3/b4-3+. The highest BCUT2D eigenvalue weighted by molar-refractivity contribution is 9.10. The zero-order valence-electron chi connectivity index (χ0n) is 7.95. The molecule has 0 fully saturated rings. The highest BCUT2D eigenvalue weighted by Crippen LogP contribution is 2.20. The van der Waals surface area contributed by atoms with Crippen LogP contribution in [0.25, 0.3) is 6.08 Å². The van der Waals surface area contributed by atoms with Gasteiger partial charge in [0.25, 0.3) is 0 Å². The van der Waals surface area contributed by atoms with Gasteiger partial charge in [-0.3, -0.25) is 4.79 Å². The third-order valence-electron chi connectivity index (χ3n) is 1.54. The van der Waals surface area contributed by atoms with E-state index in [9.17, 15) is 4.79 Å². The highest BCUT2D eigenvalue weighted by atomic mass is 79.9. The van der Waals surface area contributed by atoms with Gasteiger partial charge in [-0.25, -0.2) is 4.98 Å². The minimum Gasteiger partial charge on any atom is -0.481 e. The molecule has 0 aromatic carbocycles. The van der Waals surface area contributed by atoms with Crippen molar-refractivity contribution in [3.8, 4) is 5.88 Å². The number of halogens is 1. The molecule has 4 heteroatoms. The van der Waals surface area contributed by atoms with E-state index >= 15 is 0 Å². The second-order valence-electron chi connectivity index (χ2n) is 2.70. The number of hydrogen-bond acceptors (Lipinski definition) is 3. The van der Waals surface area contributed by atoms with E-state index in [2.05, 4.69) is 20.9 Å². The average Bonchev–Trinajstić information content (AvgIpc) is 2.15. The third kappa shape index (κ3) is 2.96. The summed E-state index contributed by atoms with van der Waals surface area (Å²) in [5.41, 5.74) is 0.775. The lowest BCUT2D eigenvalue weighted by Gasteiger charge is -2.02. The van der Waals surface area contributed by atoms with Crippen LogP contribution in [0.4, 0.5) is 0 Å². The first-order chi connectivity index (χ1) is 6.63. The van der Waals surface area contributed by atoms with Crippen LogP contribution in [0.1, 0.15) is 12.5 Å². The Kier molecular flexibility index (Phi) is 3.83. The summed E-state index contributed by atoms with van der Waals surface area (Å²) in [6.45, 7) is 1.49. The van der Waals surface area contributed by atoms with Crippen LogP contribution in [0, 0.1) is 0 Å². The van der Waals surface area contributed by atoms with Gasteiger partial charge >= 0.3 is 0 Å². The summed E-state index contributed by atoms with van der Waals surface area (Å²) in [4.78, 5) is 14.8. The van der Waals surface area contributed by atoms with Crippen molar-refractivity contribution < 1.29 is 9.53 Å². The molecule has 0 saturated carbocycles. The summed E-state index contributed by atoms with van der Waals surface area (Å²) in [6.07, 6.45) is 4.80. The fourth-order valence-corrected chi connectivity index (χ4v) is 1.29. The van der Waals surface area contributed by atoms with Crippen molar-refractivity contribution in [2.75, 3.05) is 7.11 Å². The van der Waals surface area contributed by atoms with Crippen molar-refractivity contribution in [2.45, 2.75) is 6.92 Å². The van der Waals surface area contributed by atoms with Gasteiger partial charge in [0.1, 0.15) is 0 Å². The van der Waals surface area contributed by atoms with E-state index in [0.29, 0.717) is 5.88 Å². The van der Waals surface area contributed by atoms with Crippen molar-refractivity contribution in [2.24, 2.45) is 0 Å². The Labute approximate surface area is 90.9 Å². The lowest BCUT2D eigenvalue weighted by Crippen LogP contribution is -1.91. The Bertz CT molecular complexity index is 374. The second kappa shape index (κ2) is 4.91. The number of allylic oxidation sites excluding steroid dienone is 1. The van der Waals surface area contributed by atoms with Crippen LogP contribution in [-0.4, -0.2) is 17.9 Å². The summed E-state index contributed by atoms with van der Waals surface area (Å²) in [7, 11) is 1.54. The minimum absolute atomic E-state index is 0.00738. The first-order valence-electron chi connectivity index (χ1n) is 4.01. The van der Waals surface area contributed by atoms with Crippen LogP contribution >= 0.6 is 15.9 Å². The van der Waals surface area contributed by atoms with Gasteiger partial charge in [0.2, 0.25) is 5.88 Å². The second-order valence-corrected chi connectivity index (χ2v) is 3.61. The predicted molar refractivity (Wildman–Crippen MR) is 58.2 cm³/mol. The summed E-state index contributed by atoms with van der Waals surface area (Å²) >= 11 is 3.30. The van der Waals surface area contributed by atoms with Crippen molar-refractivity contribution >= 4 is 27.8 Å². The van der Waals surface area contributed by atoms with Gasteiger partial charge < -0.3 is 4.74 Å². The van der Waals surface area contributed by atoms with Gasteiger partial charge in [-0.1, -0.05) is 0 Å². The van der Waals surface area contributed by atoms with Crippen LogP contribution in [0.5, 0.6) is 5.88 Å². The molecule has 0 aliphatic rings. The Morgan fingerprint density at radius 2 is 2.36 bits per heavy atom. The summed E-state index contributed by atoms with van der Waals surface area (Å²) < 4.78 is 5.89. The number of nitrogens with zero attached hydrogens (tertiary/aromatic N) is 1. The fourth-order valence-electron chi connectivity index (χ4n) is 0.939. The number of carbonyl (C=O) groups is 1. The first kappa shape index (κ1) is 10.9. The molecule has 1 aromatic rings. The van der Waals surface area contributed by atoms with Gasteiger partial charge in [0.15, 0.2) is 5.78 Å². The summed E-state index contributed by atoms with van der Waals surface area (Å²) in [5, 5.41) is 0. The minimum atomic E-state index is -0.00738. The number of carbonyl (C=O) groups excluding carboxylic acids is 1. The van der Waals surface area contributed by atoms with E-state index in [0.717, 1.165) is 10.0 Å². The Morgan fingerprint density at radius 1 is 1.64 bits per heavy atom. The van der Waals surface area contributed by atoms with Crippen molar-refractivity contribution in [1.82, 2.24) is 4.98 Å². The van der Waals surface area contributed by atoms with Gasteiger partial charge in [0, 0.05) is 16.2 Å². The molecule has 0 aliphatic carbocycles. The molecule has 74 valence electrons. The molecular weight excluding hydrogens is 246 g/mol. The van der Waals surface area contributed by atoms with Crippen LogP contribution in [-0.2, 0) is 4.79 Å². The van der Waals surface area contributed by atoms with Crippen LogP contribution < -0.4 is 4.74 Å². The lowest BCUT2D eigenvalue weighted by molar-refractivity contribution is -0.112. The molecule has 0 atom stereocenters. The van der Waals surface area contributed by atoms with E-state index < -0.39 is 0 Å². The first-order valence-corrected chi connectivity index (χ1v) is 4.81. The zero-order valence-corrected chi connectivity index (χ0v) is 9.54. The van der Waals surface area contributed by atoms with Gasteiger partial charge in [-0.05, 0) is 41.1 Å². The maximum absolute atomic E-state index is 10.7. The number of hydrogen-bond donors (Lipinski definition) is 0. The van der Waals surface area contributed by atoms with Gasteiger partial charge in [0.05, 0.1) is 7.11 Å². The topological polar surface area (TPSA) is 39.2 Å². The number of pyridine rings is 1. The Balaban J connectivity index is 3.04. The SMILES string of the molecule is COc1ncc(Br)cc1/C=C/C(C)=O. The Hall–Kier alpha value is -1.16. The van der Waals surface area contributed by atoms with Crippen molar-refractivity contribution in [1.29, 1.82) is 0 Å². The van der Waals surface area contributed by atoms with Crippen molar-refractivity contribution in [3.05, 3.63) is 28.4 Å². The molecule has 0 spiro atoms. The molecule has 0 aliphatic heterocycles. The zero-order chi connectivity index (χ0) is 10.6. The molecule has 0 unspecified atom stereocenters. The maximum Gasteiger partial charge on any atom is 0.220 e. The number of ketones is 1. The number of aromatic nitrogens is 1. The van der Waals surface area contributed by atoms with E-state index in [1.165, 1.54) is 13.0 Å². The van der Waals surface area contributed by atoms with Crippen LogP contribution in [0.15, 0.2) is 22.8 Å². The van der Waals surface area contributed by atoms with Crippen molar-refractivity contribution in [3.63, 3.8) is 0 Å². The maximum atomic E-state index is 10.7. The number of rotatable bonds is 3. The molecule has 3 nitrogen and oxygen atoms in total. The molecule has 0 saturated heterocycles. The average molecular weight is 256 g/mol. The smallest absolute Gasteiger partial charge is 0.220 e. The molecule has 0 amide bonds. The number of methoxy groups -OCH3 is 1. The van der Waals surface area contributed by atoms with E-state index in [1.807, 2.05) is 6.07 Å². The molecular formula is C10H10BrNO2. The van der Waals surface area contributed by atoms with E-state index in [1.54, 1.807) is 19.4 Å². The molecule has 0 N–H and O–H groups in total. The van der Waals surface area contributed by atoms with Gasteiger partial charge in [-0.15, -0.1) is 0 Å². The molecule has 14 heavy (non-hydrogen) atoms. The van der Waals surface area contributed by atoms with Crippen LogP contribution in [0.2, 0.25) is 0 Å². The predicted octanol–water partition coefficient (Wildman–Crippen LogP) is 2.45. The molecule has 1 rings (SSSR count). The van der Waals surface area contributed by atoms with Crippen LogP contribution in [0.3, 0.4) is 0 Å². The van der Waals surface area contributed by atoms with Gasteiger partial charge in [-0.2, -0.15) is 0 Å². The molecule has 0 bridgehead atoms. The quantitative estimate of drug-likeness (QED) is 0.780. The Morgan fingerprint density at radius 3 is 2.93 bits per heavy atom. The lowest BCUT2D eigenvalue weighted by atomic mass is 10.2. The number of ether oxygens (including phenoxy) is 1. The molecule has 0 radical (unpaired) electrons. The third-order valence-corrected chi connectivity index (χ3v) is 1.97. The summed E-state index contributed by atoms with van der Waals surface area (Å²) in [6, 6.07) is 1.84. The highest BCUT2D eigenvalue weighted by Gasteiger charge is 2.01. The van der Waals surface area contributed by atoms with E-state index in [4.69, 9.17) is 4.74 Å². The molecule has 1 heterocycles. The largest absolute Gasteiger partial charge is 0.481 e. The summed E-state index contributed by atoms with van der Waals surface area (Å²) in [5.74, 6) is 0.498. The van der Waals surface area contributed by atoms with E-state index in [-0.39, 0.29) is 5.78 Å². The normalized spacial score (nSPS) is 10.5.